The predicted molar refractivity (Wildman–Crippen MR) is 60.7 cm³/mol. The smallest absolute Gasteiger partial charge is 0.286 e. The minimum absolute atomic E-state index is 0. The van der Waals surface area contributed by atoms with Crippen molar-refractivity contribution in [3.05, 3.63) is 66.2 Å². The molecule has 0 heterocycles. The number of carboxylic acids is 1. The molecule has 0 radical (unpaired) electrons. The summed E-state index contributed by atoms with van der Waals surface area (Å²) < 4.78 is 0. The van der Waals surface area contributed by atoms with Crippen molar-refractivity contribution in [1.29, 1.82) is 0 Å². The van der Waals surface area contributed by atoms with E-state index in [4.69, 9.17) is 5.11 Å². The van der Waals surface area contributed by atoms with Crippen molar-refractivity contribution in [3.8, 4) is 0 Å². The third-order valence-corrected chi connectivity index (χ3v) is 1.66. The molecule has 0 saturated carbocycles. The van der Waals surface area contributed by atoms with Gasteiger partial charge >= 0.3 is 0 Å². The SMILES string of the molecule is O=C(O)/C=C/[c-]1cccc1.[Fe].[cH-]1[cH-][cH-][cH-][cH-]1. The van der Waals surface area contributed by atoms with Crippen molar-refractivity contribution in [1.82, 2.24) is 0 Å². The summed E-state index contributed by atoms with van der Waals surface area (Å²) in [5, 5.41) is 8.23. The Balaban J connectivity index is 0.000000318. The zero-order valence-corrected chi connectivity index (χ0v) is 9.66. The molecule has 0 aromatic heterocycles. The third-order valence-electron chi connectivity index (χ3n) is 1.66. The van der Waals surface area contributed by atoms with Crippen LogP contribution < -0.4 is 0 Å². The molecular weight excluding hydrogens is 244 g/mol. The van der Waals surface area contributed by atoms with Gasteiger partial charge in [-0.1, -0.05) is 0 Å². The Labute approximate surface area is 105 Å². The van der Waals surface area contributed by atoms with E-state index in [1.807, 2.05) is 54.6 Å². The molecule has 0 amide bonds. The van der Waals surface area contributed by atoms with Gasteiger partial charge in [0.2, 0.25) is 0 Å². The predicted octanol–water partition coefficient (Wildman–Crippen LogP) is 2.91. The Morgan fingerprint density at radius 2 is 1.50 bits per heavy atom. The molecule has 0 aliphatic heterocycles. The fourth-order valence-corrected chi connectivity index (χ4v) is 0.988. The fraction of sp³-hybridized carbons (Fsp3) is 0. The van der Waals surface area contributed by atoms with Crippen LogP contribution in [0.2, 0.25) is 0 Å². The second-order valence-electron chi connectivity index (χ2n) is 2.85. The van der Waals surface area contributed by atoms with Gasteiger partial charge in [0.25, 0.3) is 5.97 Å². The first-order valence-corrected chi connectivity index (χ1v) is 4.58. The largest absolute Gasteiger partial charge is 0.748 e. The topological polar surface area (TPSA) is 37.3 Å². The molecule has 0 unspecified atom stereocenters. The monoisotopic (exact) mass is 256 g/mol. The maximum absolute atomic E-state index is 10.0. The molecule has 0 aliphatic carbocycles. The third kappa shape index (κ3) is 6.82. The maximum Gasteiger partial charge on any atom is 0.286 e. The molecule has 0 atom stereocenters. The minimum Gasteiger partial charge on any atom is -0.748 e. The number of carbonyl (C=O) groups is 1. The standard InChI is InChI=1S/C8H7O2.C5H5.Fe/c9-8(10)6-5-7-3-1-2-4-7;1-2-4-5-3-1;/h1-6H,(H,9,10);1-5H;/q-1;-5;/b6-5+;;. The van der Waals surface area contributed by atoms with Gasteiger partial charge in [0.1, 0.15) is 0 Å². The molecule has 16 heavy (non-hydrogen) atoms. The molecule has 90 valence electrons. The summed E-state index contributed by atoms with van der Waals surface area (Å²) in [5.74, 6) is -0.916. The van der Waals surface area contributed by atoms with Crippen LogP contribution in [0.5, 0.6) is 0 Å². The van der Waals surface area contributed by atoms with E-state index in [-0.39, 0.29) is 17.1 Å². The summed E-state index contributed by atoms with van der Waals surface area (Å²) in [6, 6.07) is 17.4. The Morgan fingerprint density at radius 1 is 1.06 bits per heavy atom. The molecular formula is C13H12FeO2-6. The van der Waals surface area contributed by atoms with Crippen LogP contribution in [-0.2, 0) is 21.9 Å². The summed E-state index contributed by atoms with van der Waals surface area (Å²) in [6.45, 7) is 0. The summed E-state index contributed by atoms with van der Waals surface area (Å²) in [4.78, 5) is 10.0. The Morgan fingerprint density at radius 3 is 1.88 bits per heavy atom. The summed E-state index contributed by atoms with van der Waals surface area (Å²) in [5.41, 5.74) is 0.919. The van der Waals surface area contributed by atoms with Crippen LogP contribution in [0, 0.1) is 0 Å². The molecule has 2 aromatic carbocycles. The molecule has 2 rings (SSSR count). The molecule has 3 heteroatoms. The average Bonchev–Trinajstić information content (AvgIpc) is 2.91. The first-order chi connectivity index (χ1) is 7.29. The van der Waals surface area contributed by atoms with Crippen molar-refractivity contribution in [3.63, 3.8) is 0 Å². The zero-order chi connectivity index (χ0) is 10.9. The van der Waals surface area contributed by atoms with E-state index in [1.165, 1.54) is 0 Å². The van der Waals surface area contributed by atoms with Gasteiger partial charge in [-0.2, -0.15) is 12.1 Å². The summed E-state index contributed by atoms with van der Waals surface area (Å²) in [6.07, 6.45) is 2.68. The first-order valence-electron chi connectivity index (χ1n) is 4.58. The van der Waals surface area contributed by atoms with Crippen LogP contribution in [0.25, 0.3) is 6.08 Å². The Hall–Kier alpha value is -1.57. The van der Waals surface area contributed by atoms with Gasteiger partial charge < -0.3 is 35.4 Å². The normalized spacial score (nSPS) is 9.00. The van der Waals surface area contributed by atoms with Crippen LogP contribution in [0.1, 0.15) is 5.56 Å². The van der Waals surface area contributed by atoms with Crippen molar-refractivity contribution in [2.75, 3.05) is 0 Å². The molecule has 0 saturated heterocycles. The van der Waals surface area contributed by atoms with E-state index in [1.54, 1.807) is 6.08 Å². The molecule has 0 fully saturated rings. The van der Waals surface area contributed by atoms with Crippen LogP contribution in [0.4, 0.5) is 0 Å². The van der Waals surface area contributed by atoms with Crippen LogP contribution in [0.3, 0.4) is 0 Å². The van der Waals surface area contributed by atoms with Gasteiger partial charge in [-0.15, -0.1) is 23.8 Å². The van der Waals surface area contributed by atoms with Crippen molar-refractivity contribution in [2.45, 2.75) is 0 Å². The van der Waals surface area contributed by atoms with Crippen molar-refractivity contribution in [2.24, 2.45) is 0 Å². The number of hydrogen-bond acceptors (Lipinski definition) is 1. The molecule has 2 nitrogen and oxygen atoms in total. The van der Waals surface area contributed by atoms with E-state index in [2.05, 4.69) is 0 Å². The second kappa shape index (κ2) is 8.71. The summed E-state index contributed by atoms with van der Waals surface area (Å²) >= 11 is 0. The molecule has 2 aromatic rings. The van der Waals surface area contributed by atoms with Gasteiger partial charge in [-0.25, -0.2) is 0 Å². The zero-order valence-electron chi connectivity index (χ0n) is 8.56. The van der Waals surface area contributed by atoms with Gasteiger partial charge in [-0.05, 0) is 6.08 Å². The van der Waals surface area contributed by atoms with Crippen LogP contribution in [-0.4, -0.2) is 11.1 Å². The minimum atomic E-state index is -0.916. The Kier molecular flexibility index (Phi) is 7.86. The molecule has 1 N–H and O–H groups in total. The van der Waals surface area contributed by atoms with E-state index < -0.39 is 5.97 Å². The average molecular weight is 256 g/mol. The fourth-order valence-electron chi connectivity index (χ4n) is 0.988. The number of hydrogen-bond donors (Lipinski definition) is 1. The second-order valence-corrected chi connectivity index (χ2v) is 2.85. The van der Waals surface area contributed by atoms with Crippen LogP contribution in [0.15, 0.2) is 60.7 Å². The van der Waals surface area contributed by atoms with Gasteiger partial charge in [0.05, 0.1) is 0 Å². The first kappa shape index (κ1) is 14.4. The molecule has 0 bridgehead atoms. The summed E-state index contributed by atoms with van der Waals surface area (Å²) in [7, 11) is 0. The van der Waals surface area contributed by atoms with Crippen molar-refractivity contribution >= 4 is 12.0 Å². The molecule has 0 spiro atoms. The van der Waals surface area contributed by atoms with E-state index in [0.717, 1.165) is 11.6 Å². The number of rotatable bonds is 2. The van der Waals surface area contributed by atoms with E-state index in [0.29, 0.717) is 0 Å². The van der Waals surface area contributed by atoms with Crippen LogP contribution >= 0.6 is 0 Å². The molecule has 0 aliphatic rings. The van der Waals surface area contributed by atoms with E-state index in [9.17, 15) is 4.79 Å². The number of carboxylic acid groups (broad SMARTS) is 1. The van der Waals surface area contributed by atoms with Gasteiger partial charge in [0.15, 0.2) is 0 Å². The quantitative estimate of drug-likeness (QED) is 0.509. The number of aliphatic carboxylic acids is 1. The van der Waals surface area contributed by atoms with Crippen molar-refractivity contribution < 1.29 is 27.0 Å². The Bertz CT molecular complexity index is 368. The van der Waals surface area contributed by atoms with Gasteiger partial charge in [0, 0.05) is 17.1 Å². The van der Waals surface area contributed by atoms with E-state index >= 15 is 0 Å². The maximum atomic E-state index is 10.0. The van der Waals surface area contributed by atoms with Gasteiger partial charge in [-0.3, -0.25) is 4.79 Å².